The van der Waals surface area contributed by atoms with Crippen molar-refractivity contribution < 1.29 is 14.3 Å². The monoisotopic (exact) mass is 455 g/mol. The fourth-order valence-corrected chi connectivity index (χ4v) is 9.12. The van der Waals surface area contributed by atoms with Gasteiger partial charge in [-0.2, -0.15) is 0 Å². The Kier molecular flexibility index (Phi) is 6.52. The number of nitrogens with zero attached hydrogens (tertiary/aromatic N) is 1. The second-order valence-electron chi connectivity index (χ2n) is 12.6. The summed E-state index contributed by atoms with van der Waals surface area (Å²) in [6, 6.07) is 0. The molecular weight excluding hydrogens is 410 g/mol. The van der Waals surface area contributed by atoms with Crippen molar-refractivity contribution in [3.8, 4) is 0 Å². The predicted molar refractivity (Wildman–Crippen MR) is 131 cm³/mol. The first-order valence-corrected chi connectivity index (χ1v) is 13.9. The summed E-state index contributed by atoms with van der Waals surface area (Å²) in [6.07, 6.45) is 16.2. The van der Waals surface area contributed by atoms with E-state index in [2.05, 4.69) is 24.8 Å². The van der Waals surface area contributed by atoms with Crippen LogP contribution in [0.3, 0.4) is 0 Å². The van der Waals surface area contributed by atoms with Gasteiger partial charge in [-0.1, -0.05) is 26.3 Å². The van der Waals surface area contributed by atoms with Crippen LogP contribution in [-0.2, 0) is 14.3 Å². The molecule has 5 rings (SSSR count). The van der Waals surface area contributed by atoms with Crippen molar-refractivity contribution >= 4 is 11.8 Å². The number of likely N-dealkylation sites (tertiary alicyclic amines) is 1. The molecule has 1 aliphatic heterocycles. The Labute approximate surface area is 200 Å². The Hall–Kier alpha value is -1.16. The number of carbonyl (C=O) groups excluding carboxylic acids is 2. The maximum absolute atomic E-state index is 12.6. The van der Waals surface area contributed by atoms with Crippen molar-refractivity contribution in [2.75, 3.05) is 19.6 Å². The van der Waals surface area contributed by atoms with E-state index >= 15 is 0 Å². The van der Waals surface area contributed by atoms with Gasteiger partial charge in [0.15, 0.2) is 5.78 Å². The lowest BCUT2D eigenvalue weighted by atomic mass is 9.44. The normalized spacial score (nSPS) is 43.1. The molecule has 0 unspecified atom stereocenters. The van der Waals surface area contributed by atoms with E-state index in [9.17, 15) is 9.59 Å². The molecule has 4 nitrogen and oxygen atoms in total. The molecule has 0 amide bonds. The van der Waals surface area contributed by atoms with Gasteiger partial charge in [0.25, 0.3) is 0 Å². The van der Waals surface area contributed by atoms with E-state index in [0.717, 1.165) is 56.3 Å². The molecule has 0 spiro atoms. The van der Waals surface area contributed by atoms with E-state index < -0.39 is 0 Å². The van der Waals surface area contributed by atoms with Gasteiger partial charge in [-0.25, -0.2) is 0 Å². The van der Waals surface area contributed by atoms with E-state index in [4.69, 9.17) is 4.74 Å². The average molecular weight is 456 g/mol. The molecule has 0 radical (unpaired) electrons. The molecule has 4 fully saturated rings. The first kappa shape index (κ1) is 23.6. The molecule has 7 atom stereocenters. The molecule has 5 aliphatic rings. The molecule has 0 aromatic carbocycles. The fraction of sp³-hybridized carbons (Fsp3) is 0.862. The Bertz CT molecular complexity index is 799. The summed E-state index contributed by atoms with van der Waals surface area (Å²) in [5, 5.41) is 0. The molecule has 4 aliphatic carbocycles. The molecule has 0 bridgehead atoms. The Morgan fingerprint density at radius 3 is 2.58 bits per heavy atom. The molecule has 4 heteroatoms. The molecule has 3 saturated carbocycles. The quantitative estimate of drug-likeness (QED) is 0.481. The van der Waals surface area contributed by atoms with Crippen molar-refractivity contribution in [2.24, 2.45) is 34.5 Å². The van der Waals surface area contributed by atoms with Gasteiger partial charge in [-0.3, -0.25) is 9.59 Å². The highest BCUT2D eigenvalue weighted by Crippen LogP contribution is 2.66. The first-order chi connectivity index (χ1) is 15.8. The van der Waals surface area contributed by atoms with Gasteiger partial charge in [0.2, 0.25) is 0 Å². The fourth-order valence-electron chi connectivity index (χ4n) is 9.12. The van der Waals surface area contributed by atoms with Crippen molar-refractivity contribution in [1.82, 2.24) is 4.90 Å². The van der Waals surface area contributed by atoms with Gasteiger partial charge in [-0.05, 0) is 124 Å². The number of hydrogen-bond donors (Lipinski definition) is 0. The maximum Gasteiger partial charge on any atom is 0.307 e. The number of Topliss-reactive ketones (excluding diaryl/α,β-unsaturated/α-hetero) is 1. The highest BCUT2D eigenvalue weighted by Gasteiger charge is 2.59. The van der Waals surface area contributed by atoms with Gasteiger partial charge < -0.3 is 9.64 Å². The smallest absolute Gasteiger partial charge is 0.307 e. The summed E-state index contributed by atoms with van der Waals surface area (Å²) in [7, 11) is 0. The molecule has 0 N–H and O–H groups in total. The number of ketones is 1. The molecule has 1 saturated heterocycles. The number of ether oxygens (including phenoxy) is 1. The Morgan fingerprint density at radius 1 is 1.03 bits per heavy atom. The van der Waals surface area contributed by atoms with E-state index in [0.29, 0.717) is 29.5 Å². The van der Waals surface area contributed by atoms with Crippen LogP contribution >= 0.6 is 0 Å². The molecule has 1 heterocycles. The Balaban J connectivity index is 1.18. The topological polar surface area (TPSA) is 46.6 Å². The first-order valence-electron chi connectivity index (χ1n) is 13.9. The van der Waals surface area contributed by atoms with Gasteiger partial charge in [-0.15, -0.1) is 0 Å². The van der Waals surface area contributed by atoms with Crippen LogP contribution in [0.25, 0.3) is 0 Å². The third-order valence-corrected chi connectivity index (χ3v) is 11.0. The number of rotatable bonds is 5. The summed E-state index contributed by atoms with van der Waals surface area (Å²) in [4.78, 5) is 27.3. The van der Waals surface area contributed by atoms with Crippen molar-refractivity contribution in [3.63, 3.8) is 0 Å². The van der Waals surface area contributed by atoms with E-state index in [1.54, 1.807) is 6.92 Å². The number of esters is 1. The van der Waals surface area contributed by atoms with Gasteiger partial charge in [0.05, 0.1) is 6.42 Å². The van der Waals surface area contributed by atoms with Gasteiger partial charge in [0.1, 0.15) is 6.10 Å². The predicted octanol–water partition coefficient (Wildman–Crippen LogP) is 5.94. The van der Waals surface area contributed by atoms with Crippen molar-refractivity contribution in [2.45, 2.75) is 104 Å². The van der Waals surface area contributed by atoms with Gasteiger partial charge >= 0.3 is 5.97 Å². The zero-order valence-electron chi connectivity index (χ0n) is 21.2. The number of carbonyl (C=O) groups is 2. The standard InChI is InChI=1S/C29H45NO3/c1-20(31)24-9-10-25-23-8-7-21-19-22(33-27(32)13-18-30-16-5-4-6-17-30)11-14-28(21,2)26(23)12-15-29(24,25)3/h9,21-23,25-26H,4-8,10-19H2,1-3H3/t21-,22+,23-,25+,26+,28-,29+/m0/s1. The highest BCUT2D eigenvalue weighted by molar-refractivity contribution is 5.95. The zero-order chi connectivity index (χ0) is 23.2. The van der Waals surface area contributed by atoms with Crippen LogP contribution in [0.5, 0.6) is 0 Å². The second-order valence-corrected chi connectivity index (χ2v) is 12.6. The zero-order valence-corrected chi connectivity index (χ0v) is 21.2. The van der Waals surface area contributed by atoms with Crippen LogP contribution in [0.2, 0.25) is 0 Å². The lowest BCUT2D eigenvalue weighted by Gasteiger charge is -2.60. The van der Waals surface area contributed by atoms with E-state index in [1.807, 2.05) is 0 Å². The van der Waals surface area contributed by atoms with Crippen molar-refractivity contribution in [1.29, 1.82) is 0 Å². The molecule has 0 aromatic rings. The maximum atomic E-state index is 12.6. The summed E-state index contributed by atoms with van der Waals surface area (Å²) in [5.74, 6) is 3.16. The summed E-state index contributed by atoms with van der Waals surface area (Å²) in [5.41, 5.74) is 1.61. The SMILES string of the molecule is CC(=O)C1=CC[C@@H]2[C@@H]3CC[C@H]4C[C@H](OC(=O)CCN5CCCCC5)CC[C@]4(C)[C@@H]3CC[C@]12C. The Morgan fingerprint density at radius 2 is 1.82 bits per heavy atom. The van der Waals surface area contributed by atoms with E-state index in [1.165, 1.54) is 51.4 Å². The van der Waals surface area contributed by atoms with Crippen LogP contribution < -0.4 is 0 Å². The minimum atomic E-state index is 0.0186. The summed E-state index contributed by atoms with van der Waals surface area (Å²) in [6.45, 7) is 9.85. The minimum absolute atomic E-state index is 0.0186. The lowest BCUT2D eigenvalue weighted by molar-refractivity contribution is -0.161. The molecule has 0 aromatic heterocycles. The second kappa shape index (κ2) is 9.13. The summed E-state index contributed by atoms with van der Waals surface area (Å²) >= 11 is 0. The number of fused-ring (bicyclic) bond motifs is 5. The average Bonchev–Trinajstić information content (AvgIpc) is 3.16. The third kappa shape index (κ3) is 4.23. The highest BCUT2D eigenvalue weighted by atomic mass is 16.5. The number of piperidine rings is 1. The number of hydrogen-bond acceptors (Lipinski definition) is 4. The van der Waals surface area contributed by atoms with Crippen LogP contribution in [-0.4, -0.2) is 42.4 Å². The van der Waals surface area contributed by atoms with Crippen LogP contribution in [0.4, 0.5) is 0 Å². The summed E-state index contributed by atoms with van der Waals surface area (Å²) < 4.78 is 6.03. The van der Waals surface area contributed by atoms with Crippen LogP contribution in [0, 0.1) is 34.5 Å². The molecule has 33 heavy (non-hydrogen) atoms. The van der Waals surface area contributed by atoms with Gasteiger partial charge in [0, 0.05) is 6.54 Å². The molecule has 184 valence electrons. The van der Waals surface area contributed by atoms with E-state index in [-0.39, 0.29) is 17.5 Å². The number of allylic oxidation sites excluding steroid dienone is 2. The van der Waals surface area contributed by atoms with Crippen LogP contribution in [0.1, 0.15) is 97.8 Å². The molecular formula is C29H45NO3. The lowest BCUT2D eigenvalue weighted by Crippen LogP contribution is -2.54. The minimum Gasteiger partial charge on any atom is -0.462 e. The van der Waals surface area contributed by atoms with Crippen LogP contribution in [0.15, 0.2) is 11.6 Å². The van der Waals surface area contributed by atoms with Crippen molar-refractivity contribution in [3.05, 3.63) is 11.6 Å². The largest absolute Gasteiger partial charge is 0.462 e. The third-order valence-electron chi connectivity index (χ3n) is 11.0.